The first kappa shape index (κ1) is 13.7. The summed E-state index contributed by atoms with van der Waals surface area (Å²) in [7, 11) is 1.42. The van der Waals surface area contributed by atoms with Crippen molar-refractivity contribution in [2.24, 2.45) is 0 Å². The maximum absolute atomic E-state index is 11.6. The van der Waals surface area contributed by atoms with Crippen molar-refractivity contribution in [3.8, 4) is 0 Å². The Hall–Kier alpha value is -2.29. The molecule has 0 radical (unpaired) electrons. The second kappa shape index (κ2) is 6.00. The number of ether oxygens (including phenoxy) is 1. The zero-order valence-electron chi connectivity index (χ0n) is 12.1. The van der Waals surface area contributed by atoms with Crippen molar-refractivity contribution >= 4 is 11.7 Å². The number of carbonyl (C=O) groups excluding carboxylic acids is 1. The molecule has 1 N–H and O–H groups in total. The van der Waals surface area contributed by atoms with E-state index in [4.69, 9.17) is 4.74 Å². The maximum Gasteiger partial charge on any atom is 0.337 e. The van der Waals surface area contributed by atoms with Crippen LogP contribution in [0.15, 0.2) is 48.5 Å². The predicted molar refractivity (Wildman–Crippen MR) is 83.7 cm³/mol. The van der Waals surface area contributed by atoms with Crippen LogP contribution < -0.4 is 5.32 Å². The molecule has 1 aliphatic rings. The summed E-state index contributed by atoms with van der Waals surface area (Å²) >= 11 is 0. The van der Waals surface area contributed by atoms with Crippen molar-refractivity contribution in [2.75, 3.05) is 12.4 Å². The third-order valence-electron chi connectivity index (χ3n) is 4.00. The Morgan fingerprint density at radius 1 is 1.14 bits per heavy atom. The van der Waals surface area contributed by atoms with Crippen molar-refractivity contribution in [1.29, 1.82) is 0 Å². The number of aryl methyl sites for hydroxylation is 1. The lowest BCUT2D eigenvalue weighted by Gasteiger charge is -2.26. The molecule has 0 fully saturated rings. The topological polar surface area (TPSA) is 38.3 Å². The summed E-state index contributed by atoms with van der Waals surface area (Å²) in [5.74, 6) is -0.268. The number of carbonyl (C=O) groups is 1. The summed E-state index contributed by atoms with van der Waals surface area (Å²) in [5, 5.41) is 3.57. The van der Waals surface area contributed by atoms with Gasteiger partial charge in [-0.15, -0.1) is 0 Å². The van der Waals surface area contributed by atoms with Crippen LogP contribution in [0.1, 0.15) is 27.9 Å². The van der Waals surface area contributed by atoms with E-state index in [1.54, 1.807) is 0 Å². The Balaban J connectivity index is 1.76. The number of para-hydroxylation sites is 1. The third kappa shape index (κ3) is 3.07. The lowest BCUT2D eigenvalue weighted by atomic mass is 9.87. The van der Waals surface area contributed by atoms with E-state index in [1.165, 1.54) is 18.2 Å². The van der Waals surface area contributed by atoms with E-state index < -0.39 is 0 Å². The monoisotopic (exact) mass is 281 g/mol. The molecular formula is C18H19NO2. The number of nitrogens with one attached hydrogen (secondary N) is 1. The lowest BCUT2D eigenvalue weighted by molar-refractivity contribution is 0.0600. The molecule has 1 atom stereocenters. The SMILES string of the molecule is COC(=O)c1ccc2c(c1)CC(Nc1ccccc1)CC2. The molecule has 0 aliphatic heterocycles. The van der Waals surface area contributed by atoms with E-state index in [-0.39, 0.29) is 5.97 Å². The van der Waals surface area contributed by atoms with Crippen LogP contribution >= 0.6 is 0 Å². The first-order chi connectivity index (χ1) is 10.3. The Morgan fingerprint density at radius 3 is 2.71 bits per heavy atom. The minimum absolute atomic E-state index is 0.268. The predicted octanol–water partition coefficient (Wildman–Crippen LogP) is 3.44. The zero-order chi connectivity index (χ0) is 14.7. The van der Waals surface area contributed by atoms with Crippen LogP contribution in [0.4, 0.5) is 5.69 Å². The van der Waals surface area contributed by atoms with Crippen LogP contribution in [0.2, 0.25) is 0 Å². The van der Waals surface area contributed by atoms with Crippen molar-refractivity contribution in [1.82, 2.24) is 0 Å². The summed E-state index contributed by atoms with van der Waals surface area (Å²) in [6.45, 7) is 0. The molecule has 108 valence electrons. The molecule has 0 bridgehead atoms. The molecule has 2 aromatic rings. The number of esters is 1. The van der Waals surface area contributed by atoms with Gasteiger partial charge < -0.3 is 10.1 Å². The lowest BCUT2D eigenvalue weighted by Crippen LogP contribution is -2.27. The average Bonchev–Trinajstić information content (AvgIpc) is 2.54. The smallest absolute Gasteiger partial charge is 0.337 e. The van der Waals surface area contributed by atoms with Gasteiger partial charge in [-0.05, 0) is 54.7 Å². The van der Waals surface area contributed by atoms with Crippen molar-refractivity contribution < 1.29 is 9.53 Å². The van der Waals surface area contributed by atoms with E-state index >= 15 is 0 Å². The highest BCUT2D eigenvalue weighted by molar-refractivity contribution is 5.89. The minimum atomic E-state index is -0.268. The van der Waals surface area contributed by atoms with E-state index in [1.807, 2.05) is 30.3 Å². The van der Waals surface area contributed by atoms with Gasteiger partial charge in [0.2, 0.25) is 0 Å². The molecule has 1 unspecified atom stereocenters. The van der Waals surface area contributed by atoms with Gasteiger partial charge in [-0.3, -0.25) is 0 Å². The maximum atomic E-state index is 11.6. The van der Waals surface area contributed by atoms with Crippen LogP contribution in [0.5, 0.6) is 0 Å². The number of methoxy groups -OCH3 is 1. The van der Waals surface area contributed by atoms with Gasteiger partial charge in [0, 0.05) is 11.7 Å². The van der Waals surface area contributed by atoms with Gasteiger partial charge in [-0.25, -0.2) is 4.79 Å². The van der Waals surface area contributed by atoms with Gasteiger partial charge in [-0.2, -0.15) is 0 Å². The van der Waals surface area contributed by atoms with Crippen LogP contribution in [0.3, 0.4) is 0 Å². The molecular weight excluding hydrogens is 262 g/mol. The highest BCUT2D eigenvalue weighted by Crippen LogP contribution is 2.25. The van der Waals surface area contributed by atoms with Gasteiger partial charge >= 0.3 is 5.97 Å². The zero-order valence-corrected chi connectivity index (χ0v) is 12.1. The van der Waals surface area contributed by atoms with E-state index in [0.29, 0.717) is 11.6 Å². The largest absolute Gasteiger partial charge is 0.465 e. The standard InChI is InChI=1S/C18H19NO2/c1-21-18(20)14-8-7-13-9-10-17(12-15(13)11-14)19-16-5-3-2-4-6-16/h2-8,11,17,19H,9-10,12H2,1H3. The molecule has 0 heterocycles. The quantitative estimate of drug-likeness (QED) is 0.876. The number of rotatable bonds is 3. The number of hydrogen-bond acceptors (Lipinski definition) is 3. The first-order valence-electron chi connectivity index (χ1n) is 7.28. The van der Waals surface area contributed by atoms with E-state index in [9.17, 15) is 4.79 Å². The number of anilines is 1. The van der Waals surface area contributed by atoms with Crippen molar-refractivity contribution in [2.45, 2.75) is 25.3 Å². The third-order valence-corrected chi connectivity index (χ3v) is 4.00. The highest BCUT2D eigenvalue weighted by atomic mass is 16.5. The normalized spacial score (nSPS) is 16.9. The van der Waals surface area contributed by atoms with Crippen molar-refractivity contribution in [3.05, 3.63) is 65.2 Å². The Kier molecular flexibility index (Phi) is 3.91. The molecule has 3 nitrogen and oxygen atoms in total. The molecule has 0 aromatic heterocycles. The number of benzene rings is 2. The summed E-state index contributed by atoms with van der Waals surface area (Å²) in [6, 6.07) is 16.6. The van der Waals surface area contributed by atoms with Gasteiger partial charge in [0.05, 0.1) is 12.7 Å². The summed E-state index contributed by atoms with van der Waals surface area (Å²) in [6.07, 6.45) is 3.09. The molecule has 0 saturated carbocycles. The fraction of sp³-hybridized carbons (Fsp3) is 0.278. The van der Waals surface area contributed by atoms with Gasteiger partial charge in [0.1, 0.15) is 0 Å². The van der Waals surface area contributed by atoms with Crippen LogP contribution in [-0.2, 0) is 17.6 Å². The second-order valence-corrected chi connectivity index (χ2v) is 5.43. The number of hydrogen-bond donors (Lipinski definition) is 1. The van der Waals surface area contributed by atoms with E-state index in [0.717, 1.165) is 24.9 Å². The first-order valence-corrected chi connectivity index (χ1v) is 7.28. The fourth-order valence-corrected chi connectivity index (χ4v) is 2.90. The molecule has 2 aromatic carbocycles. The Morgan fingerprint density at radius 2 is 1.95 bits per heavy atom. The molecule has 21 heavy (non-hydrogen) atoms. The van der Waals surface area contributed by atoms with Crippen LogP contribution in [-0.4, -0.2) is 19.1 Å². The Labute approximate surface area is 124 Å². The number of fused-ring (bicyclic) bond motifs is 1. The molecule has 0 saturated heterocycles. The second-order valence-electron chi connectivity index (χ2n) is 5.43. The van der Waals surface area contributed by atoms with Crippen LogP contribution in [0, 0.1) is 0 Å². The van der Waals surface area contributed by atoms with Gasteiger partial charge in [-0.1, -0.05) is 24.3 Å². The molecule has 0 amide bonds. The average molecular weight is 281 g/mol. The van der Waals surface area contributed by atoms with E-state index in [2.05, 4.69) is 23.5 Å². The Bertz CT molecular complexity index is 637. The van der Waals surface area contributed by atoms with Gasteiger partial charge in [0.25, 0.3) is 0 Å². The molecule has 3 heteroatoms. The molecule has 1 aliphatic carbocycles. The molecule has 3 rings (SSSR count). The minimum Gasteiger partial charge on any atom is -0.465 e. The summed E-state index contributed by atoms with van der Waals surface area (Å²) < 4.78 is 4.80. The summed E-state index contributed by atoms with van der Waals surface area (Å²) in [4.78, 5) is 11.6. The summed E-state index contributed by atoms with van der Waals surface area (Å²) in [5.41, 5.74) is 4.37. The van der Waals surface area contributed by atoms with Crippen LogP contribution in [0.25, 0.3) is 0 Å². The van der Waals surface area contributed by atoms with Crippen molar-refractivity contribution in [3.63, 3.8) is 0 Å². The van der Waals surface area contributed by atoms with Gasteiger partial charge in [0.15, 0.2) is 0 Å². The molecule has 0 spiro atoms. The highest BCUT2D eigenvalue weighted by Gasteiger charge is 2.20. The fourth-order valence-electron chi connectivity index (χ4n) is 2.90.